The van der Waals surface area contributed by atoms with Gasteiger partial charge in [-0.3, -0.25) is 9.69 Å². The number of ether oxygens (including phenoxy) is 1. The van der Waals surface area contributed by atoms with Gasteiger partial charge in [0.25, 0.3) is 0 Å². The molecule has 1 atom stereocenters. The molecule has 1 fully saturated rings. The molecule has 1 aliphatic rings. The summed E-state index contributed by atoms with van der Waals surface area (Å²) >= 11 is 0. The normalized spacial score (nSPS) is 22.6. The van der Waals surface area contributed by atoms with E-state index < -0.39 is 5.97 Å². The van der Waals surface area contributed by atoms with Crippen molar-refractivity contribution in [1.82, 2.24) is 4.90 Å². The first-order valence-corrected chi connectivity index (χ1v) is 6.16. The van der Waals surface area contributed by atoms with Crippen molar-refractivity contribution in [2.75, 3.05) is 19.8 Å². The monoisotopic (exact) mass is 229 g/mol. The lowest BCUT2D eigenvalue weighted by molar-refractivity contribution is -0.138. The fourth-order valence-corrected chi connectivity index (χ4v) is 2.26. The van der Waals surface area contributed by atoms with E-state index in [4.69, 9.17) is 9.84 Å². The van der Waals surface area contributed by atoms with E-state index in [0.29, 0.717) is 25.3 Å². The van der Waals surface area contributed by atoms with Crippen LogP contribution in [0, 0.1) is 0 Å². The second kappa shape index (κ2) is 6.86. The summed E-state index contributed by atoms with van der Waals surface area (Å²) in [5.41, 5.74) is 0. The maximum absolute atomic E-state index is 10.3. The van der Waals surface area contributed by atoms with Crippen LogP contribution >= 0.6 is 0 Å². The average Bonchev–Trinajstić information content (AvgIpc) is 2.24. The molecule has 0 bridgehead atoms. The van der Waals surface area contributed by atoms with Crippen molar-refractivity contribution in [3.63, 3.8) is 0 Å². The molecule has 0 unspecified atom stereocenters. The van der Waals surface area contributed by atoms with Gasteiger partial charge in [-0.15, -0.1) is 0 Å². The Morgan fingerprint density at radius 2 is 2.25 bits per heavy atom. The third-order valence-corrected chi connectivity index (χ3v) is 3.11. The predicted octanol–water partition coefficient (Wildman–Crippen LogP) is 1.74. The van der Waals surface area contributed by atoms with E-state index in [0.717, 1.165) is 6.54 Å². The van der Waals surface area contributed by atoms with Gasteiger partial charge in [-0.05, 0) is 33.2 Å². The number of hydrogen-bond acceptors (Lipinski definition) is 3. The number of carboxylic acids is 1. The molecule has 0 amide bonds. The molecule has 94 valence electrons. The van der Waals surface area contributed by atoms with Crippen molar-refractivity contribution >= 4 is 5.97 Å². The number of likely N-dealkylation sites (tertiary alicyclic amines) is 1. The SMILES string of the molecule is CC(C)N1CCCC[C@H]1COCCC(=O)O. The summed E-state index contributed by atoms with van der Waals surface area (Å²) in [6.45, 7) is 6.55. The molecule has 4 heteroatoms. The molecule has 0 radical (unpaired) electrons. The maximum atomic E-state index is 10.3. The topological polar surface area (TPSA) is 49.8 Å². The standard InChI is InChI=1S/C12H23NO3/c1-10(2)13-7-4-3-5-11(13)9-16-8-6-12(14)15/h10-11H,3-9H2,1-2H3,(H,14,15)/t11-/m0/s1. The zero-order valence-electron chi connectivity index (χ0n) is 10.3. The van der Waals surface area contributed by atoms with E-state index >= 15 is 0 Å². The minimum Gasteiger partial charge on any atom is -0.481 e. The lowest BCUT2D eigenvalue weighted by atomic mass is 10.0. The van der Waals surface area contributed by atoms with Crippen molar-refractivity contribution in [2.24, 2.45) is 0 Å². The number of rotatable bonds is 6. The minimum absolute atomic E-state index is 0.106. The van der Waals surface area contributed by atoms with Crippen LogP contribution in [0.3, 0.4) is 0 Å². The smallest absolute Gasteiger partial charge is 0.305 e. The van der Waals surface area contributed by atoms with Gasteiger partial charge in [-0.2, -0.15) is 0 Å². The number of hydrogen-bond donors (Lipinski definition) is 1. The minimum atomic E-state index is -0.788. The van der Waals surface area contributed by atoms with Gasteiger partial charge >= 0.3 is 5.97 Å². The van der Waals surface area contributed by atoms with Crippen molar-refractivity contribution in [3.8, 4) is 0 Å². The molecule has 1 N–H and O–H groups in total. The van der Waals surface area contributed by atoms with Gasteiger partial charge < -0.3 is 9.84 Å². The van der Waals surface area contributed by atoms with E-state index in [1.54, 1.807) is 0 Å². The van der Waals surface area contributed by atoms with Gasteiger partial charge in [0.2, 0.25) is 0 Å². The Hall–Kier alpha value is -0.610. The number of aliphatic carboxylic acids is 1. The van der Waals surface area contributed by atoms with E-state index in [1.165, 1.54) is 19.3 Å². The number of nitrogens with zero attached hydrogens (tertiary/aromatic N) is 1. The summed E-state index contributed by atoms with van der Waals surface area (Å²) in [5, 5.41) is 8.50. The van der Waals surface area contributed by atoms with E-state index in [9.17, 15) is 4.79 Å². The van der Waals surface area contributed by atoms with Crippen LogP contribution in [-0.2, 0) is 9.53 Å². The molecule has 0 aliphatic carbocycles. The van der Waals surface area contributed by atoms with Crippen LogP contribution in [0.1, 0.15) is 39.5 Å². The van der Waals surface area contributed by atoms with Crippen LogP contribution in [0.25, 0.3) is 0 Å². The Kier molecular flexibility index (Phi) is 5.77. The van der Waals surface area contributed by atoms with Crippen LogP contribution in [-0.4, -0.2) is 47.8 Å². The van der Waals surface area contributed by atoms with Gasteiger partial charge in [-0.1, -0.05) is 6.42 Å². The molecule has 1 rings (SSSR count). The highest BCUT2D eigenvalue weighted by Crippen LogP contribution is 2.19. The number of carbonyl (C=O) groups is 1. The lowest BCUT2D eigenvalue weighted by Crippen LogP contribution is -2.46. The van der Waals surface area contributed by atoms with Gasteiger partial charge in [0.15, 0.2) is 0 Å². The molecular weight excluding hydrogens is 206 g/mol. The molecule has 1 heterocycles. The first kappa shape index (κ1) is 13.5. The fraction of sp³-hybridized carbons (Fsp3) is 0.917. The molecular formula is C12H23NO3. The summed E-state index contributed by atoms with van der Waals surface area (Å²) in [4.78, 5) is 12.8. The van der Waals surface area contributed by atoms with Crippen molar-refractivity contribution < 1.29 is 14.6 Å². The predicted molar refractivity (Wildman–Crippen MR) is 62.6 cm³/mol. The van der Waals surface area contributed by atoms with Gasteiger partial charge in [0, 0.05) is 12.1 Å². The Morgan fingerprint density at radius 1 is 1.50 bits per heavy atom. The number of piperidine rings is 1. The second-order valence-corrected chi connectivity index (χ2v) is 4.70. The Bertz CT molecular complexity index is 218. The summed E-state index contributed by atoms with van der Waals surface area (Å²) in [6.07, 6.45) is 3.81. The number of carboxylic acid groups (broad SMARTS) is 1. The Balaban J connectivity index is 2.24. The molecule has 1 saturated heterocycles. The Labute approximate surface area is 97.6 Å². The Morgan fingerprint density at radius 3 is 2.88 bits per heavy atom. The van der Waals surface area contributed by atoms with Crippen LogP contribution < -0.4 is 0 Å². The van der Waals surface area contributed by atoms with Crippen molar-refractivity contribution in [1.29, 1.82) is 0 Å². The van der Waals surface area contributed by atoms with Crippen LogP contribution in [0.15, 0.2) is 0 Å². The van der Waals surface area contributed by atoms with E-state index in [1.807, 2.05) is 0 Å². The lowest BCUT2D eigenvalue weighted by Gasteiger charge is -2.38. The maximum Gasteiger partial charge on any atom is 0.305 e. The average molecular weight is 229 g/mol. The summed E-state index contributed by atoms with van der Waals surface area (Å²) in [6, 6.07) is 1.02. The zero-order chi connectivity index (χ0) is 12.0. The van der Waals surface area contributed by atoms with Crippen LogP contribution in [0.4, 0.5) is 0 Å². The zero-order valence-corrected chi connectivity index (χ0v) is 10.3. The van der Waals surface area contributed by atoms with Crippen molar-refractivity contribution in [3.05, 3.63) is 0 Å². The van der Waals surface area contributed by atoms with Gasteiger partial charge in [0.05, 0.1) is 19.6 Å². The highest BCUT2D eigenvalue weighted by molar-refractivity contribution is 5.66. The molecule has 0 aromatic rings. The highest BCUT2D eigenvalue weighted by Gasteiger charge is 2.24. The molecule has 4 nitrogen and oxygen atoms in total. The fourth-order valence-electron chi connectivity index (χ4n) is 2.26. The largest absolute Gasteiger partial charge is 0.481 e. The molecule has 0 saturated carbocycles. The van der Waals surface area contributed by atoms with Crippen LogP contribution in [0.5, 0.6) is 0 Å². The molecule has 1 aliphatic heterocycles. The molecule has 16 heavy (non-hydrogen) atoms. The summed E-state index contributed by atoms with van der Waals surface area (Å²) in [5.74, 6) is -0.788. The molecule has 0 aromatic carbocycles. The quantitative estimate of drug-likeness (QED) is 0.705. The molecule has 0 spiro atoms. The third-order valence-electron chi connectivity index (χ3n) is 3.11. The van der Waals surface area contributed by atoms with Crippen molar-refractivity contribution in [2.45, 2.75) is 51.6 Å². The first-order valence-electron chi connectivity index (χ1n) is 6.16. The van der Waals surface area contributed by atoms with E-state index in [2.05, 4.69) is 18.7 Å². The first-order chi connectivity index (χ1) is 7.61. The van der Waals surface area contributed by atoms with Crippen LogP contribution in [0.2, 0.25) is 0 Å². The molecule has 0 aromatic heterocycles. The second-order valence-electron chi connectivity index (χ2n) is 4.70. The third kappa shape index (κ3) is 4.49. The highest BCUT2D eigenvalue weighted by atomic mass is 16.5. The summed E-state index contributed by atoms with van der Waals surface area (Å²) in [7, 11) is 0. The van der Waals surface area contributed by atoms with E-state index in [-0.39, 0.29) is 6.42 Å². The summed E-state index contributed by atoms with van der Waals surface area (Å²) < 4.78 is 5.44. The van der Waals surface area contributed by atoms with Gasteiger partial charge in [0.1, 0.15) is 0 Å². The van der Waals surface area contributed by atoms with Gasteiger partial charge in [-0.25, -0.2) is 0 Å².